The third kappa shape index (κ3) is 4.57. The highest BCUT2D eigenvalue weighted by Crippen LogP contribution is 2.34. The van der Waals surface area contributed by atoms with Crippen LogP contribution in [0.5, 0.6) is 0 Å². The van der Waals surface area contributed by atoms with Crippen molar-refractivity contribution in [3.8, 4) is 0 Å². The molecule has 0 atom stereocenters. The van der Waals surface area contributed by atoms with Gasteiger partial charge in [0, 0.05) is 18.7 Å². The first-order chi connectivity index (χ1) is 8.95. The molecule has 6 nitrogen and oxygen atoms in total. The van der Waals surface area contributed by atoms with E-state index >= 15 is 0 Å². The van der Waals surface area contributed by atoms with Crippen LogP contribution in [-0.2, 0) is 9.53 Å². The van der Waals surface area contributed by atoms with Crippen LogP contribution in [0.15, 0.2) is 12.1 Å². The summed E-state index contributed by atoms with van der Waals surface area (Å²) in [6.07, 6.45) is 0.150. The molecule has 0 spiro atoms. The van der Waals surface area contributed by atoms with Crippen LogP contribution in [0, 0.1) is 10.1 Å². The summed E-state index contributed by atoms with van der Waals surface area (Å²) in [5.74, 6) is -0.343. The van der Waals surface area contributed by atoms with Gasteiger partial charge in [-0.15, -0.1) is 0 Å². The van der Waals surface area contributed by atoms with Gasteiger partial charge < -0.3 is 10.1 Å². The van der Waals surface area contributed by atoms with Gasteiger partial charge in [-0.05, 0) is 6.92 Å². The number of nitrogens with zero attached hydrogens (tertiary/aromatic N) is 1. The standard InChI is InChI=1S/C11H12Cl2N2O4/c1-2-19-10(16)3-4-14-11-8(12)5-7(15(17)18)6-9(11)13/h5-6,14H,2-4H2,1H3. The highest BCUT2D eigenvalue weighted by atomic mass is 35.5. The van der Waals surface area contributed by atoms with Gasteiger partial charge in [0.1, 0.15) is 0 Å². The maximum atomic E-state index is 11.1. The fourth-order valence-corrected chi connectivity index (χ4v) is 1.97. The minimum absolute atomic E-state index is 0.128. The lowest BCUT2D eigenvalue weighted by atomic mass is 10.2. The zero-order valence-corrected chi connectivity index (χ0v) is 11.6. The van der Waals surface area contributed by atoms with Crippen molar-refractivity contribution in [2.24, 2.45) is 0 Å². The van der Waals surface area contributed by atoms with Gasteiger partial charge in [-0.2, -0.15) is 0 Å². The Balaban J connectivity index is 2.69. The maximum Gasteiger partial charge on any atom is 0.307 e. The number of nitro benzene ring substituents is 1. The third-order valence-corrected chi connectivity index (χ3v) is 2.77. The fraction of sp³-hybridized carbons (Fsp3) is 0.364. The topological polar surface area (TPSA) is 81.5 Å². The van der Waals surface area contributed by atoms with E-state index in [-0.39, 0.29) is 34.7 Å². The highest BCUT2D eigenvalue weighted by Gasteiger charge is 2.14. The summed E-state index contributed by atoms with van der Waals surface area (Å²) in [4.78, 5) is 21.1. The van der Waals surface area contributed by atoms with Crippen LogP contribution in [0.25, 0.3) is 0 Å². The van der Waals surface area contributed by atoms with Gasteiger partial charge in [0.25, 0.3) is 5.69 Å². The molecule has 0 aliphatic rings. The molecule has 8 heteroatoms. The molecule has 0 aromatic heterocycles. The summed E-state index contributed by atoms with van der Waals surface area (Å²) in [7, 11) is 0. The Bertz CT molecular complexity index is 471. The van der Waals surface area contributed by atoms with E-state index in [1.165, 1.54) is 12.1 Å². The molecule has 1 aromatic carbocycles. The molecule has 0 aliphatic carbocycles. The van der Waals surface area contributed by atoms with E-state index in [1.54, 1.807) is 6.92 Å². The molecular formula is C11H12Cl2N2O4. The largest absolute Gasteiger partial charge is 0.466 e. The van der Waals surface area contributed by atoms with E-state index in [9.17, 15) is 14.9 Å². The van der Waals surface area contributed by atoms with Gasteiger partial charge in [0.2, 0.25) is 0 Å². The van der Waals surface area contributed by atoms with E-state index in [1.807, 2.05) is 0 Å². The number of non-ortho nitro benzene ring substituents is 1. The van der Waals surface area contributed by atoms with Crippen molar-refractivity contribution in [3.05, 3.63) is 32.3 Å². The molecule has 0 heterocycles. The van der Waals surface area contributed by atoms with Crippen LogP contribution in [-0.4, -0.2) is 24.0 Å². The van der Waals surface area contributed by atoms with Crippen molar-refractivity contribution in [2.75, 3.05) is 18.5 Å². The van der Waals surface area contributed by atoms with E-state index in [2.05, 4.69) is 5.32 Å². The Morgan fingerprint density at radius 3 is 2.47 bits per heavy atom. The third-order valence-electron chi connectivity index (χ3n) is 2.17. The number of benzene rings is 1. The molecule has 19 heavy (non-hydrogen) atoms. The number of ether oxygens (including phenoxy) is 1. The summed E-state index contributed by atoms with van der Waals surface area (Å²) in [6.45, 7) is 2.31. The van der Waals surface area contributed by atoms with Gasteiger partial charge in [0.05, 0.1) is 33.7 Å². The molecule has 0 saturated heterocycles. The predicted molar refractivity (Wildman–Crippen MR) is 72.9 cm³/mol. The van der Waals surface area contributed by atoms with Crippen LogP contribution < -0.4 is 5.32 Å². The molecule has 0 unspecified atom stereocenters. The zero-order valence-electron chi connectivity index (χ0n) is 10.1. The first kappa shape index (κ1) is 15.5. The monoisotopic (exact) mass is 306 g/mol. The number of halogens is 2. The summed E-state index contributed by atoms with van der Waals surface area (Å²) in [5.41, 5.74) is 0.171. The van der Waals surface area contributed by atoms with Gasteiger partial charge in [-0.3, -0.25) is 14.9 Å². The summed E-state index contributed by atoms with van der Waals surface area (Å²) < 4.78 is 4.76. The first-order valence-electron chi connectivity index (χ1n) is 5.48. The van der Waals surface area contributed by atoms with Gasteiger partial charge in [-0.25, -0.2) is 0 Å². The number of hydrogen-bond acceptors (Lipinski definition) is 5. The molecule has 0 aliphatic heterocycles. The Morgan fingerprint density at radius 1 is 1.42 bits per heavy atom. The lowest BCUT2D eigenvalue weighted by Gasteiger charge is -2.10. The number of rotatable bonds is 6. The number of nitro groups is 1. The fourth-order valence-electron chi connectivity index (χ4n) is 1.36. The van der Waals surface area contributed by atoms with Crippen molar-refractivity contribution < 1.29 is 14.5 Å². The van der Waals surface area contributed by atoms with Crippen LogP contribution in [0.2, 0.25) is 10.0 Å². The lowest BCUT2D eigenvalue weighted by molar-refractivity contribution is -0.384. The number of hydrogen-bond donors (Lipinski definition) is 1. The summed E-state index contributed by atoms with van der Waals surface area (Å²) >= 11 is 11.8. The minimum atomic E-state index is -0.583. The highest BCUT2D eigenvalue weighted by molar-refractivity contribution is 6.39. The average molecular weight is 307 g/mol. The molecular weight excluding hydrogens is 295 g/mol. The Morgan fingerprint density at radius 2 is 2.00 bits per heavy atom. The Labute approximate surface area is 119 Å². The number of nitrogens with one attached hydrogen (secondary N) is 1. The quantitative estimate of drug-likeness (QED) is 0.495. The molecule has 0 amide bonds. The zero-order chi connectivity index (χ0) is 14.4. The first-order valence-corrected chi connectivity index (χ1v) is 6.24. The van der Waals surface area contributed by atoms with Crippen molar-refractivity contribution in [3.63, 3.8) is 0 Å². The van der Waals surface area contributed by atoms with Gasteiger partial charge in [-0.1, -0.05) is 23.2 Å². The maximum absolute atomic E-state index is 11.1. The van der Waals surface area contributed by atoms with Gasteiger partial charge >= 0.3 is 5.97 Å². The molecule has 1 rings (SSSR count). The SMILES string of the molecule is CCOC(=O)CCNc1c(Cl)cc([N+](=O)[O-])cc1Cl. The van der Waals surface area contributed by atoms with Crippen molar-refractivity contribution >= 4 is 40.5 Å². The summed E-state index contributed by atoms with van der Waals surface area (Å²) in [5, 5.41) is 13.7. The Kier molecular flexibility index (Phi) is 5.85. The summed E-state index contributed by atoms with van der Waals surface area (Å²) in [6, 6.07) is 2.39. The van der Waals surface area contributed by atoms with Crippen LogP contribution in [0.3, 0.4) is 0 Å². The van der Waals surface area contributed by atoms with Crippen molar-refractivity contribution in [1.82, 2.24) is 0 Å². The predicted octanol–water partition coefficient (Wildman–Crippen LogP) is 3.27. The molecule has 104 valence electrons. The van der Waals surface area contributed by atoms with Crippen LogP contribution >= 0.6 is 23.2 Å². The molecule has 1 aromatic rings. The molecule has 0 saturated carbocycles. The number of carbonyl (C=O) groups is 1. The smallest absolute Gasteiger partial charge is 0.307 e. The second kappa shape index (κ2) is 7.16. The molecule has 0 radical (unpaired) electrons. The van der Waals surface area contributed by atoms with Crippen LogP contribution in [0.1, 0.15) is 13.3 Å². The van der Waals surface area contributed by atoms with Gasteiger partial charge in [0.15, 0.2) is 0 Å². The van der Waals surface area contributed by atoms with E-state index in [0.717, 1.165) is 0 Å². The molecule has 0 bridgehead atoms. The Hall–Kier alpha value is -1.53. The van der Waals surface area contributed by atoms with Crippen molar-refractivity contribution in [1.29, 1.82) is 0 Å². The van der Waals surface area contributed by atoms with Crippen LogP contribution in [0.4, 0.5) is 11.4 Å². The number of esters is 1. The van der Waals surface area contributed by atoms with Crippen molar-refractivity contribution in [2.45, 2.75) is 13.3 Å². The van der Waals surface area contributed by atoms with E-state index < -0.39 is 4.92 Å². The minimum Gasteiger partial charge on any atom is -0.466 e. The second-order valence-electron chi connectivity index (χ2n) is 3.52. The average Bonchev–Trinajstić information content (AvgIpc) is 2.32. The second-order valence-corrected chi connectivity index (χ2v) is 4.34. The number of carbonyl (C=O) groups excluding carboxylic acids is 1. The normalized spacial score (nSPS) is 10.1. The number of anilines is 1. The lowest BCUT2D eigenvalue weighted by Crippen LogP contribution is -2.11. The van der Waals surface area contributed by atoms with E-state index in [0.29, 0.717) is 12.3 Å². The molecule has 0 fully saturated rings. The molecule has 1 N–H and O–H groups in total. The van der Waals surface area contributed by atoms with E-state index in [4.69, 9.17) is 27.9 Å².